The lowest BCUT2D eigenvalue weighted by Crippen LogP contribution is -1.91. The number of thiophene rings is 1. The first-order valence-electron chi connectivity index (χ1n) is 2.45. The smallest absolute Gasteiger partial charge is 0.184 e. The minimum Gasteiger partial charge on any atom is -0.223 e. The molecule has 0 aliphatic carbocycles. The van der Waals surface area contributed by atoms with Gasteiger partial charge in [0, 0.05) is 6.26 Å². The fraction of sp³-hybridized carbons (Fsp3) is 0.200. The quantitative estimate of drug-likeness (QED) is 0.687. The molecule has 2 nitrogen and oxygen atoms in total. The molecule has 0 N–H and O–H groups in total. The third-order valence-corrected chi connectivity index (χ3v) is 3.97. The molecule has 56 valence electrons. The highest BCUT2D eigenvalue weighted by molar-refractivity contribution is 7.92. The molecule has 0 aliphatic rings. The monoisotopic (exact) mass is 196 g/mol. The molecule has 1 rings (SSSR count). The van der Waals surface area contributed by atoms with Crippen LogP contribution in [-0.2, 0) is 9.84 Å². The first-order valence-corrected chi connectivity index (χ1v) is 5.54. The van der Waals surface area contributed by atoms with Crippen molar-refractivity contribution in [3.8, 4) is 0 Å². The van der Waals surface area contributed by atoms with E-state index in [1.807, 2.05) is 0 Å². The van der Waals surface area contributed by atoms with Gasteiger partial charge in [0.05, 0.1) is 4.34 Å². The van der Waals surface area contributed by atoms with Crippen LogP contribution in [0.5, 0.6) is 0 Å². The summed E-state index contributed by atoms with van der Waals surface area (Å²) in [5.41, 5.74) is 0. The predicted octanol–water partition coefficient (Wildman–Crippen LogP) is 1.81. The summed E-state index contributed by atoms with van der Waals surface area (Å²) in [6, 6.07) is 3.07. The average molecular weight is 197 g/mol. The number of hydrogen-bond acceptors (Lipinski definition) is 3. The molecule has 0 saturated carbocycles. The molecule has 0 saturated heterocycles. The summed E-state index contributed by atoms with van der Waals surface area (Å²) in [6.07, 6.45) is 1.16. The van der Waals surface area contributed by atoms with E-state index >= 15 is 0 Å². The second-order valence-corrected chi connectivity index (χ2v) is 5.79. The number of rotatable bonds is 1. The van der Waals surface area contributed by atoms with E-state index in [9.17, 15) is 8.42 Å². The molecule has 0 aromatic carbocycles. The standard InChI is InChI=1S/C5H5ClO2S2/c1-10(7,8)5-3-2-4(6)9-5/h2-3H,1H3. The van der Waals surface area contributed by atoms with Crippen LogP contribution < -0.4 is 0 Å². The Labute approximate surface area is 68.4 Å². The number of halogens is 1. The minimum atomic E-state index is -3.05. The molecule has 10 heavy (non-hydrogen) atoms. The van der Waals surface area contributed by atoms with Crippen molar-refractivity contribution in [3.63, 3.8) is 0 Å². The number of sulfone groups is 1. The summed E-state index contributed by atoms with van der Waals surface area (Å²) in [5, 5.41) is 0. The van der Waals surface area contributed by atoms with Crippen molar-refractivity contribution in [2.75, 3.05) is 6.26 Å². The molecule has 0 unspecified atom stereocenters. The van der Waals surface area contributed by atoms with Gasteiger partial charge < -0.3 is 0 Å². The maximum Gasteiger partial charge on any atom is 0.184 e. The lowest BCUT2D eigenvalue weighted by molar-refractivity contribution is 0.604. The van der Waals surface area contributed by atoms with Crippen LogP contribution in [0.15, 0.2) is 16.3 Å². The van der Waals surface area contributed by atoms with Crippen molar-refractivity contribution >= 4 is 32.8 Å². The van der Waals surface area contributed by atoms with Crippen molar-refractivity contribution in [3.05, 3.63) is 16.5 Å². The Bertz CT molecular complexity index is 325. The van der Waals surface area contributed by atoms with E-state index in [0.717, 1.165) is 17.6 Å². The van der Waals surface area contributed by atoms with Crippen molar-refractivity contribution in [1.82, 2.24) is 0 Å². The Hall–Kier alpha value is -0.0600. The van der Waals surface area contributed by atoms with Crippen LogP contribution in [0.25, 0.3) is 0 Å². The molecule has 1 aromatic heterocycles. The summed E-state index contributed by atoms with van der Waals surface area (Å²) in [6.45, 7) is 0. The third-order valence-electron chi connectivity index (χ3n) is 0.914. The average Bonchev–Trinajstić information content (AvgIpc) is 2.11. The van der Waals surface area contributed by atoms with Gasteiger partial charge in [0.2, 0.25) is 0 Å². The third kappa shape index (κ3) is 1.71. The topological polar surface area (TPSA) is 34.1 Å². The van der Waals surface area contributed by atoms with Crippen LogP contribution >= 0.6 is 22.9 Å². The van der Waals surface area contributed by atoms with Crippen LogP contribution in [0, 0.1) is 0 Å². The van der Waals surface area contributed by atoms with Crippen LogP contribution in [0.1, 0.15) is 0 Å². The van der Waals surface area contributed by atoms with Gasteiger partial charge in [0.1, 0.15) is 4.21 Å². The van der Waals surface area contributed by atoms with Gasteiger partial charge in [0.15, 0.2) is 9.84 Å². The van der Waals surface area contributed by atoms with Crippen LogP contribution in [-0.4, -0.2) is 14.7 Å². The van der Waals surface area contributed by atoms with Gasteiger partial charge in [-0.1, -0.05) is 11.6 Å². The van der Waals surface area contributed by atoms with Gasteiger partial charge in [-0.2, -0.15) is 0 Å². The van der Waals surface area contributed by atoms with Crippen molar-refractivity contribution < 1.29 is 8.42 Å². The van der Waals surface area contributed by atoms with Crippen molar-refractivity contribution in [1.29, 1.82) is 0 Å². The van der Waals surface area contributed by atoms with E-state index in [0.29, 0.717) is 8.55 Å². The summed E-state index contributed by atoms with van der Waals surface area (Å²) in [7, 11) is -3.05. The maximum absolute atomic E-state index is 10.8. The summed E-state index contributed by atoms with van der Waals surface area (Å²) < 4.78 is 22.4. The molecule has 0 radical (unpaired) electrons. The second kappa shape index (κ2) is 2.53. The zero-order valence-electron chi connectivity index (χ0n) is 5.17. The molecule has 1 aromatic rings. The Morgan fingerprint density at radius 3 is 2.30 bits per heavy atom. The molecular formula is C5H5ClO2S2. The zero-order chi connectivity index (χ0) is 7.78. The molecule has 0 bridgehead atoms. The van der Waals surface area contributed by atoms with Crippen molar-refractivity contribution in [2.45, 2.75) is 4.21 Å². The van der Waals surface area contributed by atoms with Crippen LogP contribution in [0.2, 0.25) is 4.34 Å². The molecule has 0 fully saturated rings. The van der Waals surface area contributed by atoms with Crippen LogP contribution in [0.4, 0.5) is 0 Å². The van der Waals surface area contributed by atoms with E-state index < -0.39 is 9.84 Å². The highest BCUT2D eigenvalue weighted by atomic mass is 35.5. The zero-order valence-corrected chi connectivity index (χ0v) is 7.55. The van der Waals surface area contributed by atoms with Gasteiger partial charge in [-0.25, -0.2) is 8.42 Å². The van der Waals surface area contributed by atoms with E-state index in [1.165, 1.54) is 6.07 Å². The molecule has 0 atom stereocenters. The Kier molecular flexibility index (Phi) is 2.03. The van der Waals surface area contributed by atoms with Gasteiger partial charge in [0.25, 0.3) is 0 Å². The number of hydrogen-bond donors (Lipinski definition) is 0. The van der Waals surface area contributed by atoms with Crippen molar-refractivity contribution in [2.24, 2.45) is 0 Å². The fourth-order valence-corrected chi connectivity index (χ4v) is 2.60. The molecular weight excluding hydrogens is 192 g/mol. The Morgan fingerprint density at radius 2 is 2.10 bits per heavy atom. The van der Waals surface area contributed by atoms with E-state index in [4.69, 9.17) is 11.6 Å². The molecule has 1 heterocycles. The Balaban J connectivity index is 3.21. The summed E-state index contributed by atoms with van der Waals surface area (Å²) in [5.74, 6) is 0. The maximum atomic E-state index is 10.8. The van der Waals surface area contributed by atoms with E-state index in [2.05, 4.69) is 0 Å². The lowest BCUT2D eigenvalue weighted by Gasteiger charge is -1.86. The predicted molar refractivity (Wildman–Crippen MR) is 42.4 cm³/mol. The summed E-state index contributed by atoms with van der Waals surface area (Å²) >= 11 is 6.59. The SMILES string of the molecule is CS(=O)(=O)c1ccc(Cl)s1. The lowest BCUT2D eigenvalue weighted by atomic mass is 10.7. The molecule has 0 spiro atoms. The normalized spacial score (nSPS) is 11.8. The highest BCUT2D eigenvalue weighted by Gasteiger charge is 2.08. The first-order chi connectivity index (χ1) is 4.50. The van der Waals surface area contributed by atoms with Gasteiger partial charge in [-0.15, -0.1) is 11.3 Å². The fourth-order valence-electron chi connectivity index (χ4n) is 0.497. The van der Waals surface area contributed by atoms with Gasteiger partial charge >= 0.3 is 0 Å². The first kappa shape index (κ1) is 8.04. The molecule has 5 heteroatoms. The molecule has 0 aliphatic heterocycles. The largest absolute Gasteiger partial charge is 0.223 e. The summed E-state index contributed by atoms with van der Waals surface area (Å²) in [4.78, 5) is 0. The Morgan fingerprint density at radius 1 is 1.50 bits per heavy atom. The molecule has 0 amide bonds. The minimum absolute atomic E-state index is 0.317. The van der Waals surface area contributed by atoms with E-state index in [1.54, 1.807) is 6.07 Å². The van der Waals surface area contributed by atoms with Gasteiger partial charge in [-0.05, 0) is 12.1 Å². The van der Waals surface area contributed by atoms with Gasteiger partial charge in [-0.3, -0.25) is 0 Å². The van der Waals surface area contributed by atoms with E-state index in [-0.39, 0.29) is 0 Å². The second-order valence-electron chi connectivity index (χ2n) is 1.83. The highest BCUT2D eigenvalue weighted by Crippen LogP contribution is 2.24. The van der Waals surface area contributed by atoms with Crippen LogP contribution in [0.3, 0.4) is 0 Å².